The lowest BCUT2D eigenvalue weighted by Crippen LogP contribution is -2.30. The summed E-state index contributed by atoms with van der Waals surface area (Å²) in [5, 5.41) is 18.7. The normalized spacial score (nSPS) is 18.8. The van der Waals surface area contributed by atoms with Gasteiger partial charge in [-0.2, -0.15) is 0 Å². The third-order valence-electron chi connectivity index (χ3n) is 4.66. The smallest absolute Gasteiger partial charge is 0.331 e. The molecule has 1 aromatic carbocycles. The van der Waals surface area contributed by atoms with Gasteiger partial charge in [0, 0.05) is 5.57 Å². The van der Waals surface area contributed by atoms with Crippen molar-refractivity contribution in [2.24, 2.45) is 5.41 Å². The van der Waals surface area contributed by atoms with E-state index in [4.69, 9.17) is 9.47 Å². The highest BCUT2D eigenvalue weighted by Gasteiger charge is 2.36. The Kier molecular flexibility index (Phi) is 7.18. The van der Waals surface area contributed by atoms with Gasteiger partial charge in [-0.15, -0.1) is 0 Å². The summed E-state index contributed by atoms with van der Waals surface area (Å²) in [6.07, 6.45) is 5.28. The van der Waals surface area contributed by atoms with Crippen molar-refractivity contribution in [2.75, 3.05) is 13.2 Å². The minimum atomic E-state index is -1.21. The summed E-state index contributed by atoms with van der Waals surface area (Å²) < 4.78 is 11.2. The number of rotatable bonds is 10. The van der Waals surface area contributed by atoms with E-state index in [9.17, 15) is 19.8 Å². The first kappa shape index (κ1) is 21.4. The monoisotopic (exact) mass is 386 g/mol. The largest absolute Gasteiger partial charge is 0.490 e. The lowest BCUT2D eigenvalue weighted by molar-refractivity contribution is -0.145. The molecule has 0 saturated carbocycles. The van der Waals surface area contributed by atoms with Gasteiger partial charge in [-0.3, -0.25) is 4.79 Å². The van der Waals surface area contributed by atoms with E-state index in [-0.39, 0.29) is 12.0 Å². The van der Waals surface area contributed by atoms with E-state index in [1.54, 1.807) is 18.2 Å². The van der Waals surface area contributed by atoms with Crippen LogP contribution in [0.3, 0.4) is 0 Å². The molecule has 1 atom stereocenters. The Morgan fingerprint density at radius 1 is 1.32 bits per heavy atom. The first-order valence-corrected chi connectivity index (χ1v) is 9.05. The predicted molar refractivity (Wildman–Crippen MR) is 105 cm³/mol. The maximum absolute atomic E-state index is 11.5. The SMILES string of the molecule is C=CCOc1ccc(COCCC2=CC(C)(C(=O)O)CC(C(=O)O)=C2)c(C)c1. The number of hydrogen-bond acceptors (Lipinski definition) is 4. The van der Waals surface area contributed by atoms with E-state index in [2.05, 4.69) is 6.58 Å². The van der Waals surface area contributed by atoms with Gasteiger partial charge >= 0.3 is 11.9 Å². The number of carboxylic acid groups (broad SMARTS) is 2. The van der Waals surface area contributed by atoms with Gasteiger partial charge in [0.05, 0.1) is 18.6 Å². The van der Waals surface area contributed by atoms with E-state index in [0.717, 1.165) is 16.9 Å². The molecule has 1 aliphatic rings. The van der Waals surface area contributed by atoms with Crippen molar-refractivity contribution in [3.8, 4) is 5.75 Å². The minimum Gasteiger partial charge on any atom is -0.490 e. The van der Waals surface area contributed by atoms with Gasteiger partial charge in [0.25, 0.3) is 0 Å². The Labute approximate surface area is 164 Å². The fourth-order valence-corrected chi connectivity index (χ4v) is 3.04. The summed E-state index contributed by atoms with van der Waals surface area (Å²) >= 11 is 0. The number of allylic oxidation sites excluding steroid dienone is 1. The molecule has 6 heteroatoms. The molecular weight excluding hydrogens is 360 g/mol. The van der Waals surface area contributed by atoms with Gasteiger partial charge in [0.1, 0.15) is 12.4 Å². The number of carbonyl (C=O) groups is 2. The number of aryl methyl sites for hydroxylation is 1. The number of ether oxygens (including phenoxy) is 2. The van der Waals surface area contributed by atoms with E-state index >= 15 is 0 Å². The Morgan fingerprint density at radius 2 is 2.07 bits per heavy atom. The maximum Gasteiger partial charge on any atom is 0.331 e. The van der Waals surface area contributed by atoms with Crippen LogP contribution in [0, 0.1) is 12.3 Å². The Balaban J connectivity index is 1.95. The zero-order chi connectivity index (χ0) is 20.7. The van der Waals surface area contributed by atoms with E-state index < -0.39 is 17.4 Å². The van der Waals surface area contributed by atoms with Gasteiger partial charge in [-0.25, -0.2) is 4.79 Å². The molecule has 0 amide bonds. The molecular formula is C22H26O6. The Hall–Kier alpha value is -2.86. The van der Waals surface area contributed by atoms with Crippen LogP contribution in [-0.2, 0) is 20.9 Å². The second-order valence-corrected chi connectivity index (χ2v) is 7.08. The Morgan fingerprint density at radius 3 is 2.68 bits per heavy atom. The van der Waals surface area contributed by atoms with E-state index in [1.165, 1.54) is 6.92 Å². The van der Waals surface area contributed by atoms with Crippen molar-refractivity contribution in [1.29, 1.82) is 0 Å². The molecule has 1 aliphatic carbocycles. The molecule has 0 saturated heterocycles. The summed E-state index contributed by atoms with van der Waals surface area (Å²) in [6, 6.07) is 5.75. The molecule has 1 aromatic rings. The maximum atomic E-state index is 11.5. The molecule has 0 bridgehead atoms. The number of hydrogen-bond donors (Lipinski definition) is 2. The molecule has 2 rings (SSSR count). The summed E-state index contributed by atoms with van der Waals surface area (Å²) in [6.45, 7) is 8.35. The standard InChI is InChI=1S/C22H26O6/c1-4-8-28-19-6-5-17(15(2)10-19)14-27-9-7-16-11-18(20(23)24)13-22(3,12-16)21(25)26/h4-6,10-12H,1,7-9,13-14H2,2-3H3,(H,23,24)(H,25,26). The van der Waals surface area contributed by atoms with Crippen LogP contribution in [0.2, 0.25) is 0 Å². The molecule has 0 aromatic heterocycles. The molecule has 0 heterocycles. The molecule has 6 nitrogen and oxygen atoms in total. The molecule has 2 N–H and O–H groups in total. The lowest BCUT2D eigenvalue weighted by atomic mass is 9.77. The van der Waals surface area contributed by atoms with Crippen LogP contribution in [0.1, 0.15) is 30.9 Å². The number of carboxylic acids is 2. The average molecular weight is 386 g/mol. The van der Waals surface area contributed by atoms with E-state index in [0.29, 0.717) is 31.8 Å². The Bertz CT molecular complexity index is 820. The van der Waals surface area contributed by atoms with Crippen LogP contribution in [-0.4, -0.2) is 35.4 Å². The molecule has 0 aliphatic heterocycles. The molecule has 28 heavy (non-hydrogen) atoms. The van der Waals surface area contributed by atoms with Crippen LogP contribution in [0.15, 0.2) is 54.2 Å². The first-order chi connectivity index (χ1) is 13.2. The van der Waals surface area contributed by atoms with Crippen LogP contribution in [0.5, 0.6) is 5.75 Å². The number of benzene rings is 1. The second kappa shape index (κ2) is 9.37. The topological polar surface area (TPSA) is 93.1 Å². The van der Waals surface area contributed by atoms with Crippen LogP contribution in [0.4, 0.5) is 0 Å². The fourth-order valence-electron chi connectivity index (χ4n) is 3.04. The van der Waals surface area contributed by atoms with Crippen LogP contribution < -0.4 is 4.74 Å². The summed E-state index contributed by atoms with van der Waals surface area (Å²) in [5.74, 6) is -1.35. The summed E-state index contributed by atoms with van der Waals surface area (Å²) in [5.41, 5.74) is 1.63. The third-order valence-corrected chi connectivity index (χ3v) is 4.66. The highest BCUT2D eigenvalue weighted by molar-refractivity contribution is 5.90. The molecule has 0 spiro atoms. The van der Waals surface area contributed by atoms with E-state index in [1.807, 2.05) is 25.1 Å². The predicted octanol–water partition coefficient (Wildman–Crippen LogP) is 3.90. The zero-order valence-electron chi connectivity index (χ0n) is 16.2. The van der Waals surface area contributed by atoms with Crippen molar-refractivity contribution in [1.82, 2.24) is 0 Å². The highest BCUT2D eigenvalue weighted by atomic mass is 16.5. The lowest BCUT2D eigenvalue weighted by Gasteiger charge is -2.26. The van der Waals surface area contributed by atoms with Crippen LogP contribution >= 0.6 is 0 Å². The number of aliphatic carboxylic acids is 2. The van der Waals surface area contributed by atoms with Crippen LogP contribution in [0.25, 0.3) is 0 Å². The fraction of sp³-hybridized carbons (Fsp3) is 0.364. The van der Waals surface area contributed by atoms with Gasteiger partial charge in [0.15, 0.2) is 0 Å². The van der Waals surface area contributed by atoms with Gasteiger partial charge < -0.3 is 19.7 Å². The molecule has 1 unspecified atom stereocenters. The highest BCUT2D eigenvalue weighted by Crippen LogP contribution is 2.35. The second-order valence-electron chi connectivity index (χ2n) is 7.08. The van der Waals surface area contributed by atoms with Gasteiger partial charge in [0.2, 0.25) is 0 Å². The molecule has 150 valence electrons. The summed E-state index contributed by atoms with van der Waals surface area (Å²) in [4.78, 5) is 22.8. The third kappa shape index (κ3) is 5.57. The summed E-state index contributed by atoms with van der Waals surface area (Å²) in [7, 11) is 0. The van der Waals surface area contributed by atoms with Crippen molar-refractivity contribution < 1.29 is 29.3 Å². The average Bonchev–Trinajstić information content (AvgIpc) is 2.64. The zero-order valence-corrected chi connectivity index (χ0v) is 16.2. The van der Waals surface area contributed by atoms with Crippen molar-refractivity contribution in [2.45, 2.75) is 33.3 Å². The first-order valence-electron chi connectivity index (χ1n) is 9.05. The van der Waals surface area contributed by atoms with Crippen molar-refractivity contribution >= 4 is 11.9 Å². The quantitative estimate of drug-likeness (QED) is 0.468. The molecule has 0 fully saturated rings. The van der Waals surface area contributed by atoms with Gasteiger partial charge in [-0.1, -0.05) is 24.8 Å². The van der Waals surface area contributed by atoms with Crippen molar-refractivity contribution in [3.63, 3.8) is 0 Å². The molecule has 0 radical (unpaired) electrons. The minimum absolute atomic E-state index is 0.0263. The van der Waals surface area contributed by atoms with Crippen molar-refractivity contribution in [3.05, 3.63) is 65.3 Å². The van der Waals surface area contributed by atoms with Gasteiger partial charge in [-0.05, 0) is 61.6 Å².